The Hall–Kier alpha value is -1.51. The van der Waals surface area contributed by atoms with Gasteiger partial charge in [-0.15, -0.1) is 0 Å². The second-order valence-corrected chi connectivity index (χ2v) is 2.46. The number of carbonyl (C=O) groups is 1. The highest BCUT2D eigenvalue weighted by molar-refractivity contribution is 5.89. The van der Waals surface area contributed by atoms with E-state index < -0.39 is 0 Å². The van der Waals surface area contributed by atoms with Crippen LogP contribution in [-0.4, -0.2) is 17.6 Å². The maximum absolute atomic E-state index is 11.0. The van der Waals surface area contributed by atoms with Gasteiger partial charge in [-0.25, -0.2) is 4.79 Å². The molecule has 0 fully saturated rings. The van der Waals surface area contributed by atoms with Gasteiger partial charge in [-0.3, -0.25) is 0 Å². The summed E-state index contributed by atoms with van der Waals surface area (Å²) in [5.41, 5.74) is 1.45. The van der Waals surface area contributed by atoms with Crippen LogP contribution in [0.3, 0.4) is 0 Å². The van der Waals surface area contributed by atoms with Crippen LogP contribution in [0.25, 0.3) is 6.08 Å². The van der Waals surface area contributed by atoms with Crippen LogP contribution in [0.4, 0.5) is 0 Å². The summed E-state index contributed by atoms with van der Waals surface area (Å²) in [7, 11) is 3.21. The highest BCUT2D eigenvalue weighted by Gasteiger charge is 2.08. The normalized spacial score (nSPS) is 9.50. The number of aromatic nitrogens is 1. The van der Waals surface area contributed by atoms with Crippen molar-refractivity contribution >= 4 is 12.0 Å². The predicted molar refractivity (Wildman–Crippen MR) is 46.8 cm³/mol. The summed E-state index contributed by atoms with van der Waals surface area (Å²) in [6.45, 7) is 3.62. The fraction of sp³-hybridized carbons (Fsp3) is 0.222. The first-order valence-corrected chi connectivity index (χ1v) is 3.56. The highest BCUT2D eigenvalue weighted by atomic mass is 16.5. The Balaban J connectivity index is 3.04. The maximum atomic E-state index is 11.0. The van der Waals surface area contributed by atoms with Crippen LogP contribution in [0, 0.1) is 0 Å². The molecule has 0 unspecified atom stereocenters. The minimum Gasteiger partial charge on any atom is -0.465 e. The van der Waals surface area contributed by atoms with Crippen molar-refractivity contribution in [1.29, 1.82) is 0 Å². The van der Waals surface area contributed by atoms with Gasteiger partial charge in [0.05, 0.1) is 12.7 Å². The number of aryl methyl sites for hydroxylation is 1. The molecule has 12 heavy (non-hydrogen) atoms. The van der Waals surface area contributed by atoms with Gasteiger partial charge in [-0.05, 0) is 12.1 Å². The number of esters is 1. The zero-order chi connectivity index (χ0) is 9.14. The molecule has 0 aliphatic heterocycles. The summed E-state index contributed by atoms with van der Waals surface area (Å²) in [6, 6.07) is 1.73. The smallest absolute Gasteiger partial charge is 0.339 e. The molecular formula is C9H11NO2. The molecule has 0 bridgehead atoms. The van der Waals surface area contributed by atoms with Crippen LogP contribution in [0.15, 0.2) is 18.8 Å². The quantitative estimate of drug-likeness (QED) is 0.621. The van der Waals surface area contributed by atoms with Crippen LogP contribution in [0.1, 0.15) is 16.1 Å². The van der Waals surface area contributed by atoms with Crippen LogP contribution < -0.4 is 0 Å². The summed E-state index contributed by atoms with van der Waals surface area (Å²) in [5, 5.41) is 0. The molecule has 64 valence electrons. The van der Waals surface area contributed by atoms with Crippen molar-refractivity contribution in [2.75, 3.05) is 7.11 Å². The Bertz CT molecular complexity index is 312. The molecule has 3 nitrogen and oxygen atoms in total. The molecule has 1 aromatic rings. The molecule has 1 rings (SSSR count). The summed E-state index contributed by atoms with van der Waals surface area (Å²) in [4.78, 5) is 11.0. The average Bonchev–Trinajstić information content (AvgIpc) is 2.45. The second kappa shape index (κ2) is 3.26. The van der Waals surface area contributed by atoms with Crippen molar-refractivity contribution < 1.29 is 9.53 Å². The van der Waals surface area contributed by atoms with Crippen LogP contribution >= 0.6 is 0 Å². The lowest BCUT2D eigenvalue weighted by Crippen LogP contribution is -1.98. The number of ether oxygens (including phenoxy) is 1. The summed E-state index contributed by atoms with van der Waals surface area (Å²) >= 11 is 0. The molecule has 3 heteroatoms. The highest BCUT2D eigenvalue weighted by Crippen LogP contribution is 2.08. The first kappa shape index (κ1) is 8.59. The Kier molecular flexibility index (Phi) is 2.33. The van der Waals surface area contributed by atoms with Gasteiger partial charge in [0.25, 0.3) is 0 Å². The van der Waals surface area contributed by atoms with E-state index in [0.717, 1.165) is 5.69 Å². The molecule has 0 amide bonds. The third kappa shape index (κ3) is 1.39. The number of carbonyl (C=O) groups excluding carboxylic acids is 1. The van der Waals surface area contributed by atoms with E-state index in [1.807, 2.05) is 11.6 Å². The van der Waals surface area contributed by atoms with E-state index in [9.17, 15) is 4.79 Å². The fourth-order valence-electron chi connectivity index (χ4n) is 1.01. The third-order valence-electron chi connectivity index (χ3n) is 1.67. The van der Waals surface area contributed by atoms with Gasteiger partial charge in [0.2, 0.25) is 0 Å². The van der Waals surface area contributed by atoms with E-state index in [2.05, 4.69) is 11.3 Å². The minimum atomic E-state index is -0.321. The van der Waals surface area contributed by atoms with Crippen molar-refractivity contribution in [3.63, 3.8) is 0 Å². The molecule has 0 saturated carbocycles. The number of hydrogen-bond donors (Lipinski definition) is 0. The third-order valence-corrected chi connectivity index (χ3v) is 1.67. The Morgan fingerprint density at radius 3 is 2.83 bits per heavy atom. The first-order chi connectivity index (χ1) is 5.69. The molecule has 0 aliphatic carbocycles. The van der Waals surface area contributed by atoms with Gasteiger partial charge < -0.3 is 9.30 Å². The summed E-state index contributed by atoms with van der Waals surface area (Å²) < 4.78 is 6.38. The Labute approximate surface area is 71.3 Å². The van der Waals surface area contributed by atoms with Gasteiger partial charge in [0.1, 0.15) is 0 Å². The molecule has 0 radical (unpaired) electrons. The Morgan fingerprint density at radius 2 is 2.42 bits per heavy atom. The molecule has 0 spiro atoms. The lowest BCUT2D eigenvalue weighted by molar-refractivity contribution is 0.0600. The molecule has 0 saturated heterocycles. The van der Waals surface area contributed by atoms with Crippen molar-refractivity contribution in [2.45, 2.75) is 0 Å². The zero-order valence-electron chi connectivity index (χ0n) is 7.20. The molecule has 0 atom stereocenters. The summed E-state index contributed by atoms with van der Waals surface area (Å²) in [5.74, 6) is -0.321. The van der Waals surface area contributed by atoms with Gasteiger partial charge in [-0.1, -0.05) is 6.58 Å². The second-order valence-electron chi connectivity index (χ2n) is 2.46. The zero-order valence-corrected chi connectivity index (χ0v) is 7.20. The summed E-state index contributed by atoms with van der Waals surface area (Å²) in [6.07, 6.45) is 3.40. The number of rotatable bonds is 2. The molecule has 0 aliphatic rings. The topological polar surface area (TPSA) is 31.2 Å². The van der Waals surface area contributed by atoms with E-state index >= 15 is 0 Å². The van der Waals surface area contributed by atoms with Gasteiger partial charge in [-0.2, -0.15) is 0 Å². The molecule has 1 aromatic heterocycles. The number of nitrogens with zero attached hydrogens (tertiary/aromatic N) is 1. The average molecular weight is 165 g/mol. The lowest BCUT2D eigenvalue weighted by atomic mass is 10.3. The SMILES string of the molecule is C=Cc1cc(C(=O)OC)cn1C. The standard InChI is InChI=1S/C9H11NO2/c1-4-8-5-7(6-10(8)2)9(11)12-3/h4-6H,1H2,2-3H3. The van der Waals surface area contributed by atoms with Crippen LogP contribution in [0.2, 0.25) is 0 Å². The molecule has 1 heterocycles. The van der Waals surface area contributed by atoms with E-state index in [-0.39, 0.29) is 5.97 Å². The minimum absolute atomic E-state index is 0.321. The molecule has 0 N–H and O–H groups in total. The van der Waals surface area contributed by atoms with Gasteiger partial charge in [0.15, 0.2) is 0 Å². The van der Waals surface area contributed by atoms with Crippen LogP contribution in [0.5, 0.6) is 0 Å². The number of hydrogen-bond acceptors (Lipinski definition) is 2. The van der Waals surface area contributed by atoms with E-state index in [1.165, 1.54) is 7.11 Å². The van der Waals surface area contributed by atoms with Crippen molar-refractivity contribution in [3.05, 3.63) is 30.1 Å². The van der Waals surface area contributed by atoms with E-state index in [4.69, 9.17) is 0 Å². The van der Waals surface area contributed by atoms with Gasteiger partial charge in [0, 0.05) is 18.9 Å². The first-order valence-electron chi connectivity index (χ1n) is 3.56. The largest absolute Gasteiger partial charge is 0.465 e. The lowest BCUT2D eigenvalue weighted by Gasteiger charge is -1.92. The number of methoxy groups -OCH3 is 1. The maximum Gasteiger partial charge on any atom is 0.339 e. The molecular weight excluding hydrogens is 154 g/mol. The van der Waals surface area contributed by atoms with Gasteiger partial charge >= 0.3 is 5.97 Å². The predicted octanol–water partition coefficient (Wildman–Crippen LogP) is 1.45. The van der Waals surface area contributed by atoms with E-state index in [0.29, 0.717) is 5.56 Å². The molecule has 0 aromatic carbocycles. The fourth-order valence-corrected chi connectivity index (χ4v) is 1.01. The monoisotopic (exact) mass is 165 g/mol. The van der Waals surface area contributed by atoms with Crippen LogP contribution in [-0.2, 0) is 11.8 Å². The van der Waals surface area contributed by atoms with Crippen molar-refractivity contribution in [1.82, 2.24) is 4.57 Å². The Morgan fingerprint density at radius 1 is 1.75 bits per heavy atom. The van der Waals surface area contributed by atoms with E-state index in [1.54, 1.807) is 18.3 Å². The van der Waals surface area contributed by atoms with Crippen molar-refractivity contribution in [3.8, 4) is 0 Å². The van der Waals surface area contributed by atoms with Crippen molar-refractivity contribution in [2.24, 2.45) is 7.05 Å².